The second-order valence-electron chi connectivity index (χ2n) is 13.4. The lowest BCUT2D eigenvalue weighted by atomic mass is 9.98. The molecule has 4 heterocycles. The third-order valence-corrected chi connectivity index (χ3v) is 10.5. The molecule has 0 radical (unpaired) electrons. The fraction of sp³-hybridized carbons (Fsp3) is 0.0638. The van der Waals surface area contributed by atoms with Gasteiger partial charge in [0.05, 0.1) is 28.9 Å². The van der Waals surface area contributed by atoms with E-state index in [1.54, 1.807) is 0 Å². The summed E-state index contributed by atoms with van der Waals surface area (Å²) in [6.07, 6.45) is 15.3. The van der Waals surface area contributed by atoms with Crippen LogP contribution in [0.5, 0.6) is 0 Å². The molecule has 51 heavy (non-hydrogen) atoms. The maximum Gasteiger partial charge on any atom is 0.0724 e. The van der Waals surface area contributed by atoms with Gasteiger partial charge in [-0.15, -0.1) is 0 Å². The standard InChI is InChI=1S/C47H34N4/c1-3-7-44-40(5-1)42-25-27-48-30-46(42)50(44)38-21-17-36(18-22-38)34-13-9-32(10-14-34)29-33-11-15-35(16-12-33)37-19-23-39(24-20-37)51-45-8-4-2-6-41(45)43-26-28-49-31-47(43)51/h1-3,5-7,9-28,30-31H,4,8,29H2. The Bertz CT molecular complexity index is 2670. The van der Waals surface area contributed by atoms with E-state index in [4.69, 9.17) is 0 Å². The molecule has 0 N–H and O–H groups in total. The van der Waals surface area contributed by atoms with Gasteiger partial charge in [0.25, 0.3) is 0 Å². The molecule has 242 valence electrons. The highest BCUT2D eigenvalue weighted by molar-refractivity contribution is 6.08. The van der Waals surface area contributed by atoms with Crippen LogP contribution in [0.25, 0.3) is 72.4 Å². The molecule has 0 bridgehead atoms. The molecule has 1 aliphatic carbocycles. The molecule has 0 atom stereocenters. The predicted octanol–water partition coefficient (Wildman–Crippen LogP) is 11.4. The van der Waals surface area contributed by atoms with E-state index in [1.807, 2.05) is 24.8 Å². The summed E-state index contributed by atoms with van der Waals surface area (Å²) in [7, 11) is 0. The van der Waals surface area contributed by atoms with E-state index >= 15 is 0 Å². The summed E-state index contributed by atoms with van der Waals surface area (Å²) < 4.78 is 4.69. The van der Waals surface area contributed by atoms with Gasteiger partial charge in [-0.3, -0.25) is 9.97 Å². The van der Waals surface area contributed by atoms with Crippen LogP contribution in [0.3, 0.4) is 0 Å². The van der Waals surface area contributed by atoms with Crippen LogP contribution in [0.1, 0.15) is 28.8 Å². The van der Waals surface area contributed by atoms with Crippen LogP contribution in [0.4, 0.5) is 0 Å². The molecule has 4 heteroatoms. The number of para-hydroxylation sites is 1. The fourth-order valence-electron chi connectivity index (χ4n) is 7.93. The molecule has 0 saturated carbocycles. The Morgan fingerprint density at radius 1 is 0.471 bits per heavy atom. The minimum Gasteiger partial charge on any atom is -0.311 e. The summed E-state index contributed by atoms with van der Waals surface area (Å²) >= 11 is 0. The molecule has 0 saturated heterocycles. The van der Waals surface area contributed by atoms with Crippen molar-refractivity contribution in [3.63, 3.8) is 0 Å². The SMILES string of the molecule is C1=Cc2c(n(-c3ccc(-c4ccc(Cc5ccc(-c6ccc(-n7c8ccccc8c8ccncc87)cc6)cc5)cc4)cc3)c3cnccc23)CC1. The number of hydrogen-bond acceptors (Lipinski definition) is 2. The largest absolute Gasteiger partial charge is 0.311 e. The first-order valence-electron chi connectivity index (χ1n) is 17.6. The summed E-state index contributed by atoms with van der Waals surface area (Å²) in [4.78, 5) is 8.86. The average Bonchev–Trinajstić information content (AvgIpc) is 3.72. The highest BCUT2D eigenvalue weighted by atomic mass is 15.0. The van der Waals surface area contributed by atoms with E-state index in [0.717, 1.165) is 30.5 Å². The number of pyridine rings is 2. The molecule has 0 spiro atoms. The predicted molar refractivity (Wildman–Crippen MR) is 211 cm³/mol. The minimum absolute atomic E-state index is 0.897. The zero-order valence-electron chi connectivity index (χ0n) is 28.1. The Labute approximate surface area is 296 Å². The quantitative estimate of drug-likeness (QED) is 0.179. The average molecular weight is 655 g/mol. The number of allylic oxidation sites excluding steroid dienone is 1. The molecule has 0 fully saturated rings. The van der Waals surface area contributed by atoms with Crippen molar-refractivity contribution in [3.05, 3.63) is 187 Å². The van der Waals surface area contributed by atoms with Crippen molar-refractivity contribution in [3.8, 4) is 33.6 Å². The van der Waals surface area contributed by atoms with Crippen LogP contribution in [0.2, 0.25) is 0 Å². The summed E-state index contributed by atoms with van der Waals surface area (Å²) in [5, 5.41) is 3.74. The van der Waals surface area contributed by atoms with Crippen LogP contribution in [0.15, 0.2) is 164 Å². The van der Waals surface area contributed by atoms with E-state index in [1.165, 1.54) is 77.5 Å². The second kappa shape index (κ2) is 12.1. The Kier molecular flexibility index (Phi) is 6.98. The number of benzene rings is 5. The van der Waals surface area contributed by atoms with Gasteiger partial charge in [0.15, 0.2) is 0 Å². The lowest BCUT2D eigenvalue weighted by molar-refractivity contribution is 0.888. The van der Waals surface area contributed by atoms with Crippen molar-refractivity contribution in [2.24, 2.45) is 0 Å². The number of nitrogens with zero attached hydrogens (tertiary/aromatic N) is 4. The fourth-order valence-corrected chi connectivity index (χ4v) is 7.93. The molecule has 0 aliphatic heterocycles. The van der Waals surface area contributed by atoms with Crippen LogP contribution in [-0.2, 0) is 12.8 Å². The van der Waals surface area contributed by atoms with Crippen molar-refractivity contribution in [2.45, 2.75) is 19.3 Å². The molecule has 4 nitrogen and oxygen atoms in total. The van der Waals surface area contributed by atoms with Gasteiger partial charge in [-0.1, -0.05) is 103 Å². The van der Waals surface area contributed by atoms with Gasteiger partial charge >= 0.3 is 0 Å². The van der Waals surface area contributed by atoms with Gasteiger partial charge in [-0.05, 0) is 95.1 Å². The van der Waals surface area contributed by atoms with Gasteiger partial charge in [-0.2, -0.15) is 0 Å². The Hall–Kier alpha value is -6.52. The topological polar surface area (TPSA) is 35.6 Å². The minimum atomic E-state index is 0.897. The van der Waals surface area contributed by atoms with Crippen molar-refractivity contribution < 1.29 is 0 Å². The molecule has 0 unspecified atom stereocenters. The van der Waals surface area contributed by atoms with E-state index in [0.29, 0.717) is 0 Å². The van der Waals surface area contributed by atoms with Crippen LogP contribution >= 0.6 is 0 Å². The first-order valence-corrected chi connectivity index (χ1v) is 17.6. The molecular formula is C47H34N4. The lowest BCUT2D eigenvalue weighted by Gasteiger charge is -2.14. The molecule has 1 aliphatic rings. The molecule has 10 rings (SSSR count). The van der Waals surface area contributed by atoms with Gasteiger partial charge in [-0.25, -0.2) is 0 Å². The van der Waals surface area contributed by atoms with Crippen LogP contribution in [-0.4, -0.2) is 19.1 Å². The summed E-state index contributed by atoms with van der Waals surface area (Å²) in [6.45, 7) is 0. The van der Waals surface area contributed by atoms with E-state index in [9.17, 15) is 0 Å². The number of hydrogen-bond donors (Lipinski definition) is 0. The van der Waals surface area contributed by atoms with Gasteiger partial charge in [0, 0.05) is 51.2 Å². The Morgan fingerprint density at radius 2 is 0.980 bits per heavy atom. The van der Waals surface area contributed by atoms with Gasteiger partial charge in [0.2, 0.25) is 0 Å². The van der Waals surface area contributed by atoms with Crippen molar-refractivity contribution in [2.75, 3.05) is 0 Å². The number of rotatable bonds is 6. The lowest BCUT2D eigenvalue weighted by Crippen LogP contribution is -2.02. The molecule has 4 aromatic heterocycles. The highest BCUT2D eigenvalue weighted by Crippen LogP contribution is 2.35. The first kappa shape index (κ1) is 29.4. The maximum absolute atomic E-state index is 4.44. The number of fused-ring (bicyclic) bond motifs is 6. The smallest absolute Gasteiger partial charge is 0.0724 e. The Morgan fingerprint density at radius 3 is 1.61 bits per heavy atom. The van der Waals surface area contributed by atoms with Gasteiger partial charge < -0.3 is 9.13 Å². The third kappa shape index (κ3) is 5.07. The summed E-state index contributed by atoms with van der Waals surface area (Å²) in [5.74, 6) is 0. The molecule has 9 aromatic rings. The normalized spacial score (nSPS) is 12.5. The zero-order valence-corrected chi connectivity index (χ0v) is 28.1. The van der Waals surface area contributed by atoms with E-state index in [2.05, 4.69) is 165 Å². The summed E-state index contributed by atoms with van der Waals surface area (Å²) in [5.41, 5.74) is 16.0. The van der Waals surface area contributed by atoms with E-state index in [-0.39, 0.29) is 0 Å². The van der Waals surface area contributed by atoms with Crippen molar-refractivity contribution >= 4 is 38.8 Å². The monoisotopic (exact) mass is 654 g/mol. The van der Waals surface area contributed by atoms with Crippen molar-refractivity contribution in [1.29, 1.82) is 0 Å². The van der Waals surface area contributed by atoms with Crippen LogP contribution in [0, 0.1) is 0 Å². The highest BCUT2D eigenvalue weighted by Gasteiger charge is 2.18. The van der Waals surface area contributed by atoms with E-state index < -0.39 is 0 Å². The maximum atomic E-state index is 4.44. The molecule has 0 amide bonds. The zero-order chi connectivity index (χ0) is 33.7. The van der Waals surface area contributed by atoms with Crippen molar-refractivity contribution in [1.82, 2.24) is 19.1 Å². The Balaban J connectivity index is 0.848. The first-order chi connectivity index (χ1) is 25.3. The second-order valence-corrected chi connectivity index (χ2v) is 13.4. The molecular weight excluding hydrogens is 621 g/mol. The van der Waals surface area contributed by atoms with Crippen LogP contribution < -0.4 is 0 Å². The number of aromatic nitrogens is 4. The summed E-state index contributed by atoms with van der Waals surface area (Å²) in [6, 6.07) is 48.6. The third-order valence-electron chi connectivity index (χ3n) is 10.5. The van der Waals surface area contributed by atoms with Gasteiger partial charge in [0.1, 0.15) is 0 Å². The molecule has 5 aromatic carbocycles.